The average molecular weight is 844 g/mol. The molecule has 0 bridgehead atoms. The maximum Gasteiger partial charge on any atom is 0.305 e. The average Bonchev–Trinajstić information content (AvgIpc) is 3.25. The molecule has 352 valence electrons. The van der Waals surface area contributed by atoms with Gasteiger partial charge in [-0.1, -0.05) is 217 Å². The number of ether oxygens (including phenoxy) is 1. The molecule has 0 heterocycles. The summed E-state index contributed by atoms with van der Waals surface area (Å²) >= 11 is 0. The highest BCUT2D eigenvalue weighted by molar-refractivity contribution is 5.76. The van der Waals surface area contributed by atoms with E-state index >= 15 is 0 Å². The topological polar surface area (TPSA) is 95.9 Å². The van der Waals surface area contributed by atoms with Gasteiger partial charge in [0.05, 0.1) is 25.4 Å². The molecule has 6 heteroatoms. The Morgan fingerprint density at radius 1 is 0.450 bits per heavy atom. The molecule has 6 nitrogen and oxygen atoms in total. The second-order valence-corrected chi connectivity index (χ2v) is 17.8. The lowest BCUT2D eigenvalue weighted by molar-refractivity contribution is -0.143. The zero-order valence-corrected chi connectivity index (χ0v) is 39.9. The Hall–Kier alpha value is -1.92. The van der Waals surface area contributed by atoms with Crippen LogP contribution in [0.15, 0.2) is 36.5 Å². The summed E-state index contributed by atoms with van der Waals surface area (Å²) in [5, 5.41) is 23.0. The zero-order chi connectivity index (χ0) is 43.7. The van der Waals surface area contributed by atoms with Crippen molar-refractivity contribution in [3.8, 4) is 0 Å². The Bertz CT molecular complexity index is 977. The maximum atomic E-state index is 12.4. The van der Waals surface area contributed by atoms with E-state index in [-0.39, 0.29) is 18.5 Å². The summed E-state index contributed by atoms with van der Waals surface area (Å²) in [5.74, 6) is -0.170. The normalized spacial score (nSPS) is 12.9. The number of hydrogen-bond acceptors (Lipinski definition) is 5. The van der Waals surface area contributed by atoms with E-state index in [1.807, 2.05) is 6.08 Å². The Morgan fingerprint density at radius 2 is 0.800 bits per heavy atom. The number of hydrogen-bond donors (Lipinski definition) is 3. The number of carbonyl (C=O) groups is 2. The number of unbranched alkanes of at least 4 members (excludes halogenated alkanes) is 33. The third-order valence-electron chi connectivity index (χ3n) is 11.9. The highest BCUT2D eigenvalue weighted by Crippen LogP contribution is 2.15. The summed E-state index contributed by atoms with van der Waals surface area (Å²) in [7, 11) is 0. The largest absolute Gasteiger partial charge is 0.466 e. The molecule has 0 aromatic heterocycles. The van der Waals surface area contributed by atoms with E-state index in [0.29, 0.717) is 19.4 Å². The molecule has 60 heavy (non-hydrogen) atoms. The second-order valence-electron chi connectivity index (χ2n) is 17.8. The maximum absolute atomic E-state index is 12.4. The molecule has 2 unspecified atom stereocenters. The predicted octanol–water partition coefficient (Wildman–Crippen LogP) is 15.7. The Balaban J connectivity index is 3.57. The molecule has 3 N–H and O–H groups in total. The molecule has 0 rings (SSSR count). The minimum Gasteiger partial charge on any atom is -0.466 e. The van der Waals surface area contributed by atoms with Gasteiger partial charge >= 0.3 is 5.97 Å². The van der Waals surface area contributed by atoms with E-state index in [1.54, 1.807) is 6.08 Å². The number of nitrogens with one attached hydrogen (secondary N) is 1. The van der Waals surface area contributed by atoms with Gasteiger partial charge in [-0.3, -0.25) is 9.59 Å². The smallest absolute Gasteiger partial charge is 0.305 e. The molecule has 0 saturated heterocycles. The molecule has 0 fully saturated rings. The Kier molecular flexibility index (Phi) is 48.1. The molecular formula is C54H101NO5. The van der Waals surface area contributed by atoms with Gasteiger partial charge in [-0.25, -0.2) is 0 Å². The van der Waals surface area contributed by atoms with E-state index in [4.69, 9.17) is 4.74 Å². The third kappa shape index (κ3) is 45.6. The molecule has 0 aliphatic heterocycles. The van der Waals surface area contributed by atoms with Crippen LogP contribution in [-0.2, 0) is 14.3 Å². The van der Waals surface area contributed by atoms with Gasteiger partial charge in [-0.2, -0.15) is 0 Å². The lowest BCUT2D eigenvalue weighted by Gasteiger charge is -2.19. The van der Waals surface area contributed by atoms with Crippen LogP contribution in [0, 0.1) is 0 Å². The number of carbonyl (C=O) groups excluding carboxylic acids is 2. The van der Waals surface area contributed by atoms with E-state index in [0.717, 1.165) is 70.6 Å². The minimum atomic E-state index is -0.876. The lowest BCUT2D eigenvalue weighted by atomic mass is 10.0. The SMILES string of the molecule is CCCCCCCC/C=C\CCCCCCCCCC(=O)OCCCCCC/C=C\CCCC(=O)NC(CO)C(O)/C=C/CCCCCCCCCCCCCCCCC. The van der Waals surface area contributed by atoms with Crippen LogP contribution in [-0.4, -0.2) is 47.4 Å². The number of esters is 1. The fourth-order valence-corrected chi connectivity index (χ4v) is 7.81. The van der Waals surface area contributed by atoms with Crippen molar-refractivity contribution in [2.75, 3.05) is 13.2 Å². The third-order valence-corrected chi connectivity index (χ3v) is 11.9. The van der Waals surface area contributed by atoms with Gasteiger partial charge in [0.2, 0.25) is 5.91 Å². The number of aliphatic hydroxyl groups is 2. The number of aliphatic hydroxyl groups excluding tert-OH is 2. The van der Waals surface area contributed by atoms with Crippen molar-refractivity contribution < 1.29 is 24.5 Å². The standard InChI is InChI=1S/C54H101NO5/c1-3-5-7-9-11-13-15-17-19-21-23-25-27-30-34-38-42-46-52(57)51(50-56)55-53(58)47-43-39-35-31-29-33-37-41-45-49-60-54(59)48-44-40-36-32-28-26-24-22-20-18-16-14-12-10-8-6-4-2/h18,20,31,35,42,46,51-52,56-57H,3-17,19,21-30,32-34,36-41,43-45,47-50H2,1-2H3,(H,55,58)/b20-18-,35-31-,46-42+. The summed E-state index contributed by atoms with van der Waals surface area (Å²) in [6.45, 7) is 4.81. The molecule has 1 amide bonds. The summed E-state index contributed by atoms with van der Waals surface area (Å²) in [6.07, 6.45) is 60.1. The van der Waals surface area contributed by atoms with Gasteiger partial charge in [0.25, 0.3) is 0 Å². The molecule has 0 aliphatic rings. The van der Waals surface area contributed by atoms with Crippen LogP contribution < -0.4 is 5.32 Å². The molecule has 2 atom stereocenters. The Labute approximate surface area is 373 Å². The first-order valence-corrected chi connectivity index (χ1v) is 26.3. The fourth-order valence-electron chi connectivity index (χ4n) is 7.81. The molecule has 0 aromatic carbocycles. The predicted molar refractivity (Wildman–Crippen MR) is 259 cm³/mol. The van der Waals surface area contributed by atoms with Crippen LogP contribution in [0.3, 0.4) is 0 Å². The van der Waals surface area contributed by atoms with Gasteiger partial charge < -0.3 is 20.3 Å². The summed E-state index contributed by atoms with van der Waals surface area (Å²) in [5.41, 5.74) is 0. The van der Waals surface area contributed by atoms with Crippen LogP contribution in [0.1, 0.15) is 271 Å². The van der Waals surface area contributed by atoms with Gasteiger partial charge in [-0.05, 0) is 77.0 Å². The summed E-state index contributed by atoms with van der Waals surface area (Å²) < 4.78 is 5.44. The highest BCUT2D eigenvalue weighted by Gasteiger charge is 2.17. The first kappa shape index (κ1) is 58.1. The van der Waals surface area contributed by atoms with Gasteiger partial charge in [-0.15, -0.1) is 0 Å². The number of amides is 1. The lowest BCUT2D eigenvalue weighted by Crippen LogP contribution is -2.45. The van der Waals surface area contributed by atoms with E-state index < -0.39 is 12.1 Å². The first-order valence-electron chi connectivity index (χ1n) is 26.3. The fraction of sp³-hybridized carbons (Fsp3) is 0.852. The minimum absolute atomic E-state index is 0.0417. The molecule has 0 spiro atoms. The van der Waals surface area contributed by atoms with E-state index in [2.05, 4.69) is 43.5 Å². The second kappa shape index (κ2) is 49.7. The van der Waals surface area contributed by atoms with Crippen molar-refractivity contribution in [2.24, 2.45) is 0 Å². The van der Waals surface area contributed by atoms with Gasteiger partial charge in [0.1, 0.15) is 0 Å². The first-order chi connectivity index (χ1) is 29.5. The number of allylic oxidation sites excluding steroid dienone is 5. The highest BCUT2D eigenvalue weighted by atomic mass is 16.5. The molecule has 0 aliphatic carbocycles. The molecule has 0 saturated carbocycles. The molecular weight excluding hydrogens is 743 g/mol. The van der Waals surface area contributed by atoms with Crippen LogP contribution in [0.5, 0.6) is 0 Å². The van der Waals surface area contributed by atoms with Gasteiger partial charge in [0, 0.05) is 12.8 Å². The van der Waals surface area contributed by atoms with Crippen molar-refractivity contribution in [1.29, 1.82) is 0 Å². The van der Waals surface area contributed by atoms with Crippen molar-refractivity contribution in [2.45, 2.75) is 283 Å². The number of rotatable bonds is 48. The zero-order valence-electron chi connectivity index (χ0n) is 39.9. The van der Waals surface area contributed by atoms with Gasteiger partial charge in [0.15, 0.2) is 0 Å². The van der Waals surface area contributed by atoms with Crippen LogP contribution in [0.4, 0.5) is 0 Å². The van der Waals surface area contributed by atoms with Crippen molar-refractivity contribution in [3.63, 3.8) is 0 Å². The van der Waals surface area contributed by atoms with Crippen molar-refractivity contribution >= 4 is 11.9 Å². The van der Waals surface area contributed by atoms with Crippen molar-refractivity contribution in [1.82, 2.24) is 5.32 Å². The van der Waals surface area contributed by atoms with Crippen LogP contribution in [0.25, 0.3) is 0 Å². The molecule has 0 radical (unpaired) electrons. The van der Waals surface area contributed by atoms with E-state index in [1.165, 1.54) is 173 Å². The monoisotopic (exact) mass is 844 g/mol. The summed E-state index contributed by atoms with van der Waals surface area (Å²) in [4.78, 5) is 24.5. The van der Waals surface area contributed by atoms with Crippen molar-refractivity contribution in [3.05, 3.63) is 36.5 Å². The van der Waals surface area contributed by atoms with Crippen LogP contribution >= 0.6 is 0 Å². The van der Waals surface area contributed by atoms with E-state index in [9.17, 15) is 19.8 Å². The molecule has 0 aromatic rings. The quantitative estimate of drug-likeness (QED) is 0.0322. The Morgan fingerprint density at radius 3 is 1.22 bits per heavy atom. The summed E-state index contributed by atoms with van der Waals surface area (Å²) in [6, 6.07) is -0.666. The van der Waals surface area contributed by atoms with Crippen LogP contribution in [0.2, 0.25) is 0 Å².